The molecule has 12 bridgehead atoms. The molecule has 0 saturated heterocycles. The molecular weight excluding hydrogens is 897 g/mol. The monoisotopic (exact) mass is 965 g/mol. The van der Waals surface area contributed by atoms with E-state index in [0.717, 1.165) is 144 Å². The Kier molecular flexibility index (Phi) is 13.1. The van der Waals surface area contributed by atoms with Crippen LogP contribution in [0.15, 0.2) is 133 Å². The molecule has 7 heterocycles. The van der Waals surface area contributed by atoms with Crippen molar-refractivity contribution in [2.75, 3.05) is 0 Å². The van der Waals surface area contributed by atoms with Crippen LogP contribution in [0.3, 0.4) is 0 Å². The van der Waals surface area contributed by atoms with Crippen molar-refractivity contribution >= 4 is 46.4 Å². The molecule has 2 N–H and O–H groups in total. The molecule has 4 nitrogen and oxygen atoms in total. The second kappa shape index (κ2) is 20.9. The van der Waals surface area contributed by atoms with E-state index in [0.29, 0.717) is 0 Å². The molecular formula is C70H68N4. The third-order valence-electron chi connectivity index (χ3n) is 17.0. The van der Waals surface area contributed by atoms with E-state index >= 15 is 0 Å². The number of nitrogens with one attached hydrogen (secondary N) is 2. The topological polar surface area (TPSA) is 57.4 Å². The zero-order valence-electron chi connectivity index (χ0n) is 43.0. The van der Waals surface area contributed by atoms with Gasteiger partial charge in [0.05, 0.1) is 22.8 Å². The number of aryl methyl sites for hydroxylation is 8. The Morgan fingerprint density at radius 1 is 0.243 bits per heavy atom. The predicted octanol–water partition coefficient (Wildman–Crippen LogP) is 18.1. The summed E-state index contributed by atoms with van der Waals surface area (Å²) in [6.07, 6.45) is 32.1. The number of aromatic nitrogens is 4. The van der Waals surface area contributed by atoms with E-state index in [2.05, 4.69) is 168 Å². The lowest BCUT2D eigenvalue weighted by Gasteiger charge is -2.18. The molecule has 0 aliphatic carbocycles. The third-order valence-corrected chi connectivity index (χ3v) is 17.0. The van der Waals surface area contributed by atoms with Gasteiger partial charge in [-0.25, -0.2) is 9.97 Å². The maximum absolute atomic E-state index is 5.80. The number of hydrogen-bond donors (Lipinski definition) is 2. The van der Waals surface area contributed by atoms with E-state index in [1.807, 2.05) is 0 Å². The lowest BCUT2D eigenvalue weighted by Crippen LogP contribution is -2.04. The van der Waals surface area contributed by atoms with Crippen LogP contribution in [-0.2, 0) is 51.4 Å². The Balaban J connectivity index is 1.19. The van der Waals surface area contributed by atoms with Gasteiger partial charge in [0.25, 0.3) is 0 Å². The minimum Gasteiger partial charge on any atom is -0.354 e. The fourth-order valence-electron chi connectivity index (χ4n) is 13.2. The second-order valence-corrected chi connectivity index (χ2v) is 21.8. The van der Waals surface area contributed by atoms with Crippen LogP contribution in [0.5, 0.6) is 0 Å². The zero-order chi connectivity index (χ0) is 49.2. The summed E-state index contributed by atoms with van der Waals surface area (Å²) in [5.74, 6) is 0. The van der Waals surface area contributed by atoms with Gasteiger partial charge in [0, 0.05) is 44.3 Å². The molecule has 5 aromatic carbocycles. The van der Waals surface area contributed by atoms with Gasteiger partial charge < -0.3 is 9.97 Å². The first-order valence-electron chi connectivity index (χ1n) is 28.3. The van der Waals surface area contributed by atoms with Gasteiger partial charge in [-0.1, -0.05) is 135 Å². The average Bonchev–Trinajstić information content (AvgIpc) is 4.29. The molecule has 12 rings (SSSR count). The van der Waals surface area contributed by atoms with Gasteiger partial charge in [-0.2, -0.15) is 0 Å². The number of benzene rings is 5. The summed E-state index contributed by atoms with van der Waals surface area (Å²) < 4.78 is 0. The van der Waals surface area contributed by atoms with Crippen LogP contribution in [0.4, 0.5) is 0 Å². The Hall–Kier alpha value is -7.30. The lowest BCUT2D eigenvalue weighted by molar-refractivity contribution is 0.649. The van der Waals surface area contributed by atoms with Crippen LogP contribution < -0.4 is 0 Å². The Labute approximate surface area is 437 Å². The molecule has 74 heavy (non-hydrogen) atoms. The summed E-state index contributed by atoms with van der Waals surface area (Å²) in [4.78, 5) is 19.8. The number of H-pyrrole nitrogens is 2. The first-order valence-corrected chi connectivity index (χ1v) is 28.3. The zero-order valence-corrected chi connectivity index (χ0v) is 43.0. The van der Waals surface area contributed by atoms with Crippen molar-refractivity contribution in [1.29, 1.82) is 0 Å². The first-order chi connectivity index (χ1) is 36.7. The molecule has 0 fully saturated rings. The number of nitrogens with zero attached hydrogens (tertiary/aromatic N) is 2. The number of aromatic amines is 2. The van der Waals surface area contributed by atoms with Gasteiger partial charge in [-0.3, -0.25) is 0 Å². The van der Waals surface area contributed by atoms with E-state index in [4.69, 9.17) is 9.97 Å². The first kappa shape index (κ1) is 46.5. The van der Waals surface area contributed by atoms with Crippen molar-refractivity contribution in [2.45, 2.75) is 128 Å². The Bertz CT molecular complexity index is 3190. The van der Waals surface area contributed by atoms with E-state index in [1.54, 1.807) is 22.3 Å². The number of fused-ring (bicyclic) bond motifs is 18. The largest absolute Gasteiger partial charge is 0.354 e. The molecule has 0 spiro atoms. The smallest absolute Gasteiger partial charge is 0.0737 e. The molecule has 3 aromatic heterocycles. The highest BCUT2D eigenvalue weighted by molar-refractivity contribution is 6.01. The Morgan fingerprint density at radius 2 is 0.473 bits per heavy atom. The summed E-state index contributed by atoms with van der Waals surface area (Å²) in [5, 5.41) is 0. The van der Waals surface area contributed by atoms with E-state index < -0.39 is 0 Å². The third kappa shape index (κ3) is 9.22. The molecule has 368 valence electrons. The second-order valence-electron chi connectivity index (χ2n) is 21.8. The fraction of sp³-hybridized carbons (Fsp3) is 0.286. The molecule has 4 heteroatoms. The highest BCUT2D eigenvalue weighted by Crippen LogP contribution is 2.42. The number of rotatable bonds is 0. The SMILES string of the molecule is C1=Cc2nc1c1c3ccc([nH]3)c3c4nc(c5c6ccc([nH]6)c2-c2ccccc2CCCCCc2cc(c(cc2CCCCCc2ccccc2-1)CCCCCc1ccccc1-3)CCCCCc1ccccc1-5)C=C4. The minimum absolute atomic E-state index is 0.982. The van der Waals surface area contributed by atoms with Gasteiger partial charge in [0.2, 0.25) is 0 Å². The van der Waals surface area contributed by atoms with Crippen molar-refractivity contribution in [1.82, 2.24) is 19.9 Å². The summed E-state index contributed by atoms with van der Waals surface area (Å²) in [6.45, 7) is 0. The molecule has 8 aromatic rings. The van der Waals surface area contributed by atoms with E-state index in [-0.39, 0.29) is 0 Å². The highest BCUT2D eigenvalue weighted by atomic mass is 14.8. The highest BCUT2D eigenvalue weighted by Gasteiger charge is 2.23. The predicted molar refractivity (Wildman–Crippen MR) is 312 cm³/mol. The van der Waals surface area contributed by atoms with Crippen LogP contribution in [0.25, 0.3) is 90.9 Å². The maximum Gasteiger partial charge on any atom is 0.0737 e. The van der Waals surface area contributed by atoms with Crippen LogP contribution in [0.2, 0.25) is 0 Å². The molecule has 0 radical (unpaired) electrons. The minimum atomic E-state index is 0.982. The van der Waals surface area contributed by atoms with E-state index in [1.165, 1.54) is 95.9 Å². The summed E-state index contributed by atoms with van der Waals surface area (Å²) >= 11 is 0. The molecule has 0 atom stereocenters. The van der Waals surface area contributed by atoms with Gasteiger partial charge in [-0.05, 0) is 218 Å². The summed E-state index contributed by atoms with van der Waals surface area (Å²) in [7, 11) is 0. The van der Waals surface area contributed by atoms with Crippen molar-refractivity contribution in [3.63, 3.8) is 0 Å². The number of hydrogen-bond acceptors (Lipinski definition) is 2. The molecule has 0 unspecified atom stereocenters. The van der Waals surface area contributed by atoms with Crippen molar-refractivity contribution < 1.29 is 0 Å². The maximum atomic E-state index is 5.80. The van der Waals surface area contributed by atoms with Crippen molar-refractivity contribution in [3.05, 3.63) is 201 Å². The van der Waals surface area contributed by atoms with Crippen LogP contribution in [0.1, 0.15) is 144 Å². The molecule has 4 aliphatic heterocycles. The van der Waals surface area contributed by atoms with Crippen LogP contribution in [-0.4, -0.2) is 19.9 Å². The van der Waals surface area contributed by atoms with Gasteiger partial charge in [0.1, 0.15) is 0 Å². The Morgan fingerprint density at radius 3 is 0.730 bits per heavy atom. The fourth-order valence-corrected chi connectivity index (χ4v) is 13.2. The van der Waals surface area contributed by atoms with Gasteiger partial charge in [-0.15, -0.1) is 0 Å². The average molecular weight is 965 g/mol. The lowest BCUT2D eigenvalue weighted by atomic mass is 9.87. The molecule has 0 amide bonds. The van der Waals surface area contributed by atoms with Crippen molar-refractivity contribution in [3.8, 4) is 44.5 Å². The van der Waals surface area contributed by atoms with E-state index in [9.17, 15) is 0 Å². The van der Waals surface area contributed by atoms with Crippen LogP contribution >= 0.6 is 0 Å². The summed E-state index contributed by atoms with van der Waals surface area (Å²) in [6, 6.07) is 51.3. The van der Waals surface area contributed by atoms with Gasteiger partial charge >= 0.3 is 0 Å². The standard InChI is InChI=1S/C70H68N4/c1-5-21-47-25-13-17-33-55(47)67-59-37-38-60(71-59)68-56-34-18-14-26-48(56)22-6-2-10-30-52-46-54-32-12-4-8-24-50-28-16-20-36-58(50)70(66-44-43-65(68)74-66)62-40-39-61(72-62)69(64-42-41-63(67)73-64)57-35-19-15-27-49(57)23-7-3-11-31-53(54)45-51(52)29-9-1/h13-20,25-28,33-46,73-74H,1-12,21-24,29-32H2. The normalized spacial score (nSPS) is 16.0. The molecule has 4 aliphatic rings. The summed E-state index contributed by atoms with van der Waals surface area (Å²) in [5.41, 5.74) is 29.7. The molecule has 0 saturated carbocycles. The van der Waals surface area contributed by atoms with Gasteiger partial charge in [0.15, 0.2) is 0 Å². The van der Waals surface area contributed by atoms with Crippen molar-refractivity contribution in [2.24, 2.45) is 0 Å². The van der Waals surface area contributed by atoms with Crippen LogP contribution in [0, 0.1) is 0 Å². The quantitative estimate of drug-likeness (QED) is 0.159.